The number of nitrogens with zero attached hydrogens (tertiary/aromatic N) is 2. The number of unbranched alkanes of at least 4 members (excludes halogenated alkanes) is 1. The highest BCUT2D eigenvalue weighted by Gasteiger charge is 2.22. The number of carbonyl (C=O) groups is 1. The van der Waals surface area contributed by atoms with Crippen LogP contribution in [0.1, 0.15) is 53.4 Å². The summed E-state index contributed by atoms with van der Waals surface area (Å²) < 4.78 is 0. The second kappa shape index (κ2) is 9.75. The lowest BCUT2D eigenvalue weighted by atomic mass is 9.97. The smallest absolute Gasteiger partial charge is 0.234 e. The first kappa shape index (κ1) is 19.7. The van der Waals surface area contributed by atoms with Crippen LogP contribution in [0.3, 0.4) is 0 Å². The maximum Gasteiger partial charge on any atom is 0.234 e. The number of piperidine rings is 1. The summed E-state index contributed by atoms with van der Waals surface area (Å²) in [7, 11) is 0. The van der Waals surface area contributed by atoms with E-state index in [9.17, 15) is 4.79 Å². The van der Waals surface area contributed by atoms with Gasteiger partial charge < -0.3 is 16.4 Å². The first-order chi connectivity index (χ1) is 10.8. The lowest BCUT2D eigenvalue weighted by molar-refractivity contribution is -0.124. The topological polar surface area (TPSA) is 82.8 Å². The third-order valence-corrected chi connectivity index (χ3v) is 3.95. The molecule has 1 aliphatic heterocycles. The molecule has 1 amide bonds. The van der Waals surface area contributed by atoms with E-state index in [1.54, 1.807) is 0 Å². The Morgan fingerprint density at radius 2 is 1.96 bits per heavy atom. The van der Waals surface area contributed by atoms with Crippen molar-refractivity contribution >= 4 is 11.9 Å². The quantitative estimate of drug-likeness (QED) is 0.374. The fourth-order valence-electron chi connectivity index (χ4n) is 2.66. The minimum Gasteiger partial charge on any atom is -0.370 e. The Labute approximate surface area is 141 Å². The highest BCUT2D eigenvalue weighted by molar-refractivity contribution is 5.78. The Bertz CT molecular complexity index is 381. The molecule has 23 heavy (non-hydrogen) atoms. The fourth-order valence-corrected chi connectivity index (χ4v) is 2.66. The second-order valence-electron chi connectivity index (χ2n) is 7.52. The molecule has 1 saturated heterocycles. The van der Waals surface area contributed by atoms with Gasteiger partial charge in [0.25, 0.3) is 0 Å². The number of hydrogen-bond acceptors (Lipinski definition) is 3. The van der Waals surface area contributed by atoms with E-state index in [1.165, 1.54) is 0 Å². The summed E-state index contributed by atoms with van der Waals surface area (Å²) in [6.45, 7) is 12.3. The van der Waals surface area contributed by atoms with Crippen LogP contribution in [-0.4, -0.2) is 55.0 Å². The number of guanidine groups is 1. The molecule has 0 radical (unpaired) electrons. The Hall–Kier alpha value is -1.30. The number of hydrogen-bond donors (Lipinski definition) is 3. The summed E-state index contributed by atoms with van der Waals surface area (Å²) in [5, 5.41) is 6.16. The van der Waals surface area contributed by atoms with Crippen molar-refractivity contribution in [2.24, 2.45) is 16.6 Å². The molecule has 0 atom stereocenters. The largest absolute Gasteiger partial charge is 0.370 e. The molecular formula is C17H35N5O. The van der Waals surface area contributed by atoms with E-state index in [0.29, 0.717) is 18.4 Å². The number of nitrogens with two attached hydrogens (primary N) is 1. The lowest BCUT2D eigenvalue weighted by Gasteiger charge is -2.31. The zero-order chi connectivity index (χ0) is 17.3. The molecule has 1 rings (SSSR count). The molecule has 1 fully saturated rings. The molecule has 0 spiro atoms. The van der Waals surface area contributed by atoms with Gasteiger partial charge in [-0.15, -0.1) is 0 Å². The summed E-state index contributed by atoms with van der Waals surface area (Å²) in [4.78, 5) is 18.6. The van der Waals surface area contributed by atoms with Crippen LogP contribution in [0.15, 0.2) is 4.99 Å². The lowest BCUT2D eigenvalue weighted by Crippen LogP contribution is -2.47. The van der Waals surface area contributed by atoms with Gasteiger partial charge in [0.2, 0.25) is 5.91 Å². The minimum absolute atomic E-state index is 0.110. The Kier molecular flexibility index (Phi) is 8.37. The Morgan fingerprint density at radius 1 is 1.30 bits per heavy atom. The number of rotatable bonds is 7. The van der Waals surface area contributed by atoms with E-state index in [0.717, 1.165) is 51.9 Å². The number of aliphatic imine (C=N–C) groups is 1. The maximum atomic E-state index is 11.9. The Balaban J connectivity index is 2.22. The van der Waals surface area contributed by atoms with Crippen LogP contribution < -0.4 is 16.4 Å². The van der Waals surface area contributed by atoms with Crippen molar-refractivity contribution in [2.45, 2.75) is 58.9 Å². The van der Waals surface area contributed by atoms with Crippen LogP contribution in [-0.2, 0) is 4.79 Å². The average Bonchev–Trinajstić information content (AvgIpc) is 2.45. The summed E-state index contributed by atoms with van der Waals surface area (Å²) in [5.74, 6) is 1.24. The van der Waals surface area contributed by atoms with Crippen molar-refractivity contribution in [3.63, 3.8) is 0 Å². The van der Waals surface area contributed by atoms with Gasteiger partial charge in [0, 0.05) is 18.6 Å². The van der Waals surface area contributed by atoms with Crippen molar-refractivity contribution in [3.05, 3.63) is 0 Å². The van der Waals surface area contributed by atoms with Gasteiger partial charge in [-0.25, -0.2) is 0 Å². The summed E-state index contributed by atoms with van der Waals surface area (Å²) in [6, 6.07) is 0. The first-order valence-corrected chi connectivity index (χ1v) is 8.87. The van der Waals surface area contributed by atoms with Gasteiger partial charge in [0.15, 0.2) is 5.96 Å². The minimum atomic E-state index is -0.160. The van der Waals surface area contributed by atoms with E-state index in [2.05, 4.69) is 27.4 Å². The van der Waals surface area contributed by atoms with Gasteiger partial charge in [-0.2, -0.15) is 0 Å². The van der Waals surface area contributed by atoms with Gasteiger partial charge in [0.05, 0.1) is 6.54 Å². The zero-order valence-corrected chi connectivity index (χ0v) is 15.3. The second-order valence-corrected chi connectivity index (χ2v) is 7.52. The van der Waals surface area contributed by atoms with Crippen molar-refractivity contribution in [1.29, 1.82) is 0 Å². The van der Waals surface area contributed by atoms with E-state index >= 15 is 0 Å². The van der Waals surface area contributed by atoms with E-state index in [4.69, 9.17) is 5.73 Å². The highest BCUT2D eigenvalue weighted by Crippen LogP contribution is 2.17. The molecule has 1 aliphatic rings. The normalized spacial score (nSPS) is 18.0. The van der Waals surface area contributed by atoms with E-state index in [1.807, 2.05) is 20.8 Å². The van der Waals surface area contributed by atoms with Crippen LogP contribution in [0.2, 0.25) is 0 Å². The molecule has 6 heteroatoms. The van der Waals surface area contributed by atoms with Crippen LogP contribution in [0.25, 0.3) is 0 Å². The monoisotopic (exact) mass is 325 g/mol. The third kappa shape index (κ3) is 9.43. The van der Waals surface area contributed by atoms with E-state index in [-0.39, 0.29) is 11.4 Å². The number of carbonyl (C=O) groups excluding carboxylic acids is 1. The maximum absolute atomic E-state index is 11.9. The van der Waals surface area contributed by atoms with Gasteiger partial charge in [-0.3, -0.25) is 14.7 Å². The molecule has 0 aromatic carbocycles. The van der Waals surface area contributed by atoms with Gasteiger partial charge in [-0.05, 0) is 59.0 Å². The summed E-state index contributed by atoms with van der Waals surface area (Å²) in [6.07, 6.45) is 4.43. The summed E-state index contributed by atoms with van der Waals surface area (Å²) in [5.41, 5.74) is 5.70. The van der Waals surface area contributed by atoms with E-state index < -0.39 is 0 Å². The van der Waals surface area contributed by atoms with Gasteiger partial charge in [-0.1, -0.05) is 13.3 Å². The number of likely N-dealkylation sites (tertiary alicyclic amines) is 1. The SMILES string of the molecule is CCCCNC(N)=NCC1CCN(CC(=O)NC(C)(C)C)CC1. The molecule has 0 saturated carbocycles. The van der Waals surface area contributed by atoms with Gasteiger partial charge in [0.1, 0.15) is 0 Å². The molecule has 0 aliphatic carbocycles. The van der Waals surface area contributed by atoms with Crippen LogP contribution in [0, 0.1) is 5.92 Å². The predicted molar refractivity (Wildman–Crippen MR) is 96.5 cm³/mol. The first-order valence-electron chi connectivity index (χ1n) is 8.87. The summed E-state index contributed by atoms with van der Waals surface area (Å²) >= 11 is 0. The zero-order valence-electron chi connectivity index (χ0n) is 15.3. The highest BCUT2D eigenvalue weighted by atomic mass is 16.2. The van der Waals surface area contributed by atoms with Crippen LogP contribution >= 0.6 is 0 Å². The Morgan fingerprint density at radius 3 is 2.52 bits per heavy atom. The number of nitrogens with one attached hydrogen (secondary N) is 2. The molecule has 0 aromatic heterocycles. The molecule has 4 N–H and O–H groups in total. The van der Waals surface area contributed by atoms with Gasteiger partial charge >= 0.3 is 0 Å². The van der Waals surface area contributed by atoms with Crippen LogP contribution in [0.4, 0.5) is 0 Å². The molecule has 0 unspecified atom stereocenters. The fraction of sp³-hybridized carbons (Fsp3) is 0.882. The molecular weight excluding hydrogens is 290 g/mol. The predicted octanol–water partition coefficient (Wildman–Crippen LogP) is 1.32. The average molecular weight is 326 g/mol. The molecule has 0 aromatic rings. The molecule has 6 nitrogen and oxygen atoms in total. The molecule has 134 valence electrons. The van der Waals surface area contributed by atoms with Crippen molar-refractivity contribution in [3.8, 4) is 0 Å². The van der Waals surface area contributed by atoms with Crippen molar-refractivity contribution in [1.82, 2.24) is 15.5 Å². The molecule has 0 bridgehead atoms. The van der Waals surface area contributed by atoms with Crippen LogP contribution in [0.5, 0.6) is 0 Å². The van der Waals surface area contributed by atoms with Crippen molar-refractivity contribution in [2.75, 3.05) is 32.7 Å². The number of amides is 1. The van der Waals surface area contributed by atoms with Crippen molar-refractivity contribution < 1.29 is 4.79 Å². The molecule has 1 heterocycles. The third-order valence-electron chi connectivity index (χ3n) is 3.95. The standard InChI is InChI=1S/C17H35N5O/c1-5-6-9-19-16(18)20-12-14-7-10-22(11-8-14)13-15(23)21-17(2,3)4/h14H,5-13H2,1-4H3,(H,21,23)(H3,18,19,20).